The maximum atomic E-state index is 12.3. The first-order chi connectivity index (χ1) is 11.4. The van der Waals surface area contributed by atoms with E-state index in [9.17, 15) is 4.79 Å². The van der Waals surface area contributed by atoms with Gasteiger partial charge in [0, 0.05) is 12.1 Å². The Kier molecular flexibility index (Phi) is 4.25. The molecule has 0 radical (unpaired) electrons. The van der Waals surface area contributed by atoms with Crippen LogP contribution >= 0.6 is 0 Å². The highest BCUT2D eigenvalue weighted by Crippen LogP contribution is 2.18. The summed E-state index contributed by atoms with van der Waals surface area (Å²) in [5, 5.41) is 2.93. The summed E-state index contributed by atoms with van der Waals surface area (Å²) in [6.45, 7) is 6.50. The number of H-pyrrole nitrogens is 1. The van der Waals surface area contributed by atoms with Crippen molar-refractivity contribution in [2.75, 3.05) is 0 Å². The van der Waals surface area contributed by atoms with Gasteiger partial charge in [0.15, 0.2) is 0 Å². The van der Waals surface area contributed by atoms with Gasteiger partial charge in [-0.15, -0.1) is 0 Å². The molecule has 0 spiro atoms. The summed E-state index contributed by atoms with van der Waals surface area (Å²) in [7, 11) is 0. The second-order valence-electron chi connectivity index (χ2n) is 6.68. The predicted octanol–water partition coefficient (Wildman–Crippen LogP) is 3.67. The van der Waals surface area contributed by atoms with Gasteiger partial charge in [0.2, 0.25) is 0 Å². The molecule has 3 aromatic rings. The summed E-state index contributed by atoms with van der Waals surface area (Å²) in [4.78, 5) is 19.4. The molecule has 1 aromatic heterocycles. The van der Waals surface area contributed by atoms with Gasteiger partial charge in [-0.1, -0.05) is 12.1 Å². The second-order valence-corrected chi connectivity index (χ2v) is 6.68. The van der Waals surface area contributed by atoms with Crippen molar-refractivity contribution in [3.63, 3.8) is 0 Å². The third-order valence-electron chi connectivity index (χ3n) is 3.48. The summed E-state index contributed by atoms with van der Waals surface area (Å²) in [6, 6.07) is 13.2. The Morgan fingerprint density at radius 2 is 1.92 bits per heavy atom. The third-order valence-corrected chi connectivity index (χ3v) is 3.48. The smallest absolute Gasteiger partial charge is 0.251 e. The van der Waals surface area contributed by atoms with Crippen LogP contribution in [-0.4, -0.2) is 21.5 Å². The monoisotopic (exact) mass is 323 g/mol. The van der Waals surface area contributed by atoms with Crippen LogP contribution in [0.15, 0.2) is 48.8 Å². The fraction of sp³-hybridized carbons (Fsp3) is 0.263. The van der Waals surface area contributed by atoms with E-state index in [0.717, 1.165) is 22.3 Å². The van der Waals surface area contributed by atoms with Crippen molar-refractivity contribution < 1.29 is 9.53 Å². The topological polar surface area (TPSA) is 67.0 Å². The van der Waals surface area contributed by atoms with E-state index in [1.54, 1.807) is 18.5 Å². The second kappa shape index (κ2) is 6.35. The zero-order valence-electron chi connectivity index (χ0n) is 14.1. The third kappa shape index (κ3) is 3.93. The first kappa shape index (κ1) is 16.1. The van der Waals surface area contributed by atoms with Gasteiger partial charge in [0.1, 0.15) is 11.4 Å². The molecule has 0 bridgehead atoms. The maximum absolute atomic E-state index is 12.3. The Morgan fingerprint density at radius 1 is 1.17 bits per heavy atom. The molecule has 0 saturated carbocycles. The van der Waals surface area contributed by atoms with Crippen LogP contribution < -0.4 is 10.1 Å². The lowest BCUT2D eigenvalue weighted by Crippen LogP contribution is -2.23. The standard InChI is InChI=1S/C19H21N3O2/c1-19(2,3)24-15-7-4-13(5-8-15)11-20-18(23)14-6-9-16-17(10-14)22-12-21-16/h4-10,12H,11H2,1-3H3,(H,20,23)(H,21,22). The van der Waals surface area contributed by atoms with Crippen LogP contribution in [0.5, 0.6) is 5.75 Å². The Labute approximate surface area is 141 Å². The Bertz CT molecular complexity index is 845. The van der Waals surface area contributed by atoms with Crippen LogP contribution in [0.4, 0.5) is 0 Å². The van der Waals surface area contributed by atoms with Crippen molar-refractivity contribution in [3.8, 4) is 5.75 Å². The molecule has 3 rings (SSSR count). The normalized spacial score (nSPS) is 11.5. The molecule has 0 fully saturated rings. The molecule has 5 nitrogen and oxygen atoms in total. The average molecular weight is 323 g/mol. The molecule has 1 amide bonds. The highest BCUT2D eigenvalue weighted by molar-refractivity contribution is 5.97. The van der Waals surface area contributed by atoms with E-state index in [1.807, 2.05) is 51.1 Å². The molecule has 1 heterocycles. The number of benzene rings is 2. The van der Waals surface area contributed by atoms with Crippen LogP contribution in [0, 0.1) is 0 Å². The average Bonchev–Trinajstić information content (AvgIpc) is 3.00. The number of fused-ring (bicyclic) bond motifs is 1. The predicted molar refractivity (Wildman–Crippen MR) is 94.1 cm³/mol. The summed E-state index contributed by atoms with van der Waals surface area (Å²) < 4.78 is 5.79. The van der Waals surface area contributed by atoms with Crippen LogP contribution in [-0.2, 0) is 6.54 Å². The number of rotatable bonds is 4. The number of nitrogens with one attached hydrogen (secondary N) is 2. The van der Waals surface area contributed by atoms with Crippen molar-refractivity contribution in [2.24, 2.45) is 0 Å². The minimum absolute atomic E-state index is 0.110. The molecule has 2 aromatic carbocycles. The minimum atomic E-state index is -0.221. The van der Waals surface area contributed by atoms with E-state index in [1.165, 1.54) is 0 Å². The van der Waals surface area contributed by atoms with Crippen LogP contribution in [0.3, 0.4) is 0 Å². The number of amides is 1. The van der Waals surface area contributed by atoms with Gasteiger partial charge in [0.25, 0.3) is 5.91 Å². The van der Waals surface area contributed by atoms with Gasteiger partial charge in [-0.05, 0) is 56.7 Å². The van der Waals surface area contributed by atoms with Gasteiger partial charge >= 0.3 is 0 Å². The summed E-state index contributed by atoms with van der Waals surface area (Å²) in [5.74, 6) is 0.712. The molecule has 0 aliphatic heterocycles. The fourth-order valence-electron chi connectivity index (χ4n) is 2.39. The van der Waals surface area contributed by atoms with Crippen LogP contribution in [0.2, 0.25) is 0 Å². The Balaban J connectivity index is 1.61. The molecule has 2 N–H and O–H groups in total. The lowest BCUT2D eigenvalue weighted by Gasteiger charge is -2.21. The lowest BCUT2D eigenvalue weighted by atomic mass is 10.1. The number of carbonyl (C=O) groups excluding carboxylic acids is 1. The number of hydrogen-bond acceptors (Lipinski definition) is 3. The number of aromatic nitrogens is 2. The molecule has 0 unspecified atom stereocenters. The number of imidazole rings is 1. The first-order valence-electron chi connectivity index (χ1n) is 7.90. The van der Waals surface area contributed by atoms with Crippen LogP contribution in [0.1, 0.15) is 36.7 Å². The van der Waals surface area contributed by atoms with E-state index < -0.39 is 0 Å². The van der Waals surface area contributed by atoms with Gasteiger partial charge in [-0.25, -0.2) is 4.98 Å². The zero-order chi connectivity index (χ0) is 17.2. The molecule has 5 heteroatoms. The zero-order valence-corrected chi connectivity index (χ0v) is 14.1. The molecule has 24 heavy (non-hydrogen) atoms. The summed E-state index contributed by atoms with van der Waals surface area (Å²) in [5.41, 5.74) is 3.11. The van der Waals surface area contributed by atoms with Crippen molar-refractivity contribution >= 4 is 16.9 Å². The maximum Gasteiger partial charge on any atom is 0.251 e. The first-order valence-corrected chi connectivity index (χ1v) is 7.90. The number of carbonyl (C=O) groups is 1. The van der Waals surface area contributed by atoms with E-state index in [-0.39, 0.29) is 11.5 Å². The van der Waals surface area contributed by atoms with Crippen LogP contribution in [0.25, 0.3) is 11.0 Å². The molecule has 124 valence electrons. The largest absolute Gasteiger partial charge is 0.488 e. The Hall–Kier alpha value is -2.82. The van der Waals surface area contributed by atoms with Crippen molar-refractivity contribution in [1.29, 1.82) is 0 Å². The number of hydrogen-bond donors (Lipinski definition) is 2. The minimum Gasteiger partial charge on any atom is -0.488 e. The number of aromatic amines is 1. The summed E-state index contributed by atoms with van der Waals surface area (Å²) in [6.07, 6.45) is 1.62. The number of nitrogens with zero attached hydrogens (tertiary/aromatic N) is 1. The van der Waals surface area contributed by atoms with E-state index in [0.29, 0.717) is 12.1 Å². The van der Waals surface area contributed by atoms with Crippen molar-refractivity contribution in [2.45, 2.75) is 32.9 Å². The van der Waals surface area contributed by atoms with Gasteiger partial charge in [-0.2, -0.15) is 0 Å². The quantitative estimate of drug-likeness (QED) is 0.770. The number of ether oxygens (including phenoxy) is 1. The highest BCUT2D eigenvalue weighted by Gasteiger charge is 2.11. The SMILES string of the molecule is CC(C)(C)Oc1ccc(CNC(=O)c2ccc3nc[nH]c3c2)cc1. The molecular formula is C19H21N3O2. The van der Waals surface area contributed by atoms with E-state index in [4.69, 9.17) is 4.74 Å². The Morgan fingerprint density at radius 3 is 2.62 bits per heavy atom. The van der Waals surface area contributed by atoms with Crippen molar-refractivity contribution in [1.82, 2.24) is 15.3 Å². The van der Waals surface area contributed by atoms with E-state index >= 15 is 0 Å². The van der Waals surface area contributed by atoms with Gasteiger partial charge < -0.3 is 15.0 Å². The lowest BCUT2D eigenvalue weighted by molar-refractivity contribution is 0.0951. The van der Waals surface area contributed by atoms with Gasteiger partial charge in [-0.3, -0.25) is 4.79 Å². The molecule has 0 aliphatic carbocycles. The van der Waals surface area contributed by atoms with Gasteiger partial charge in [0.05, 0.1) is 17.4 Å². The molecule has 0 atom stereocenters. The molecule has 0 aliphatic rings. The van der Waals surface area contributed by atoms with E-state index in [2.05, 4.69) is 15.3 Å². The fourth-order valence-corrected chi connectivity index (χ4v) is 2.39. The molecule has 0 saturated heterocycles. The van der Waals surface area contributed by atoms with Crippen molar-refractivity contribution in [3.05, 3.63) is 59.9 Å². The molecular weight excluding hydrogens is 302 g/mol. The summed E-state index contributed by atoms with van der Waals surface area (Å²) >= 11 is 0. The highest BCUT2D eigenvalue weighted by atomic mass is 16.5.